The molecule has 0 bridgehead atoms. The van der Waals surface area contributed by atoms with Gasteiger partial charge in [0.25, 0.3) is 0 Å². The van der Waals surface area contributed by atoms with Gasteiger partial charge in [-0.25, -0.2) is 4.98 Å². The van der Waals surface area contributed by atoms with E-state index in [1.165, 1.54) is 19.3 Å². The third kappa shape index (κ3) is 1.55. The molecule has 0 aliphatic heterocycles. The Hall–Kier alpha value is -1.29. The first-order chi connectivity index (χ1) is 7.33. The van der Waals surface area contributed by atoms with Crippen molar-refractivity contribution in [2.45, 2.75) is 25.3 Å². The van der Waals surface area contributed by atoms with Gasteiger partial charge in [-0.15, -0.1) is 0 Å². The SMILES string of the molecule is Clc1nc2[nH]ccc2c(NC2CCC2)[nH+]1. The van der Waals surface area contributed by atoms with Gasteiger partial charge in [0.15, 0.2) is 0 Å². The minimum atomic E-state index is 0.409. The average molecular weight is 224 g/mol. The van der Waals surface area contributed by atoms with Gasteiger partial charge in [-0.2, -0.15) is 0 Å². The monoisotopic (exact) mass is 223 g/mol. The standard InChI is InChI=1S/C10H11ClN4/c11-10-14-8-7(4-5-12-8)9(15-10)13-6-2-1-3-6/h4-6H,1-3H2,(H2,12,13,14,15)/p+1. The zero-order chi connectivity index (χ0) is 10.3. The Morgan fingerprint density at radius 1 is 1.53 bits per heavy atom. The van der Waals surface area contributed by atoms with Crippen molar-refractivity contribution in [2.75, 3.05) is 5.32 Å². The first-order valence-corrected chi connectivity index (χ1v) is 5.53. The molecule has 2 heterocycles. The van der Waals surface area contributed by atoms with Gasteiger partial charge >= 0.3 is 5.28 Å². The summed E-state index contributed by atoms with van der Waals surface area (Å²) >= 11 is 5.90. The maximum absolute atomic E-state index is 5.90. The maximum atomic E-state index is 5.90. The third-order valence-corrected chi connectivity index (χ3v) is 3.07. The molecule has 0 atom stereocenters. The van der Waals surface area contributed by atoms with Gasteiger partial charge < -0.3 is 10.3 Å². The molecule has 3 rings (SSSR count). The van der Waals surface area contributed by atoms with E-state index in [0.29, 0.717) is 11.3 Å². The van der Waals surface area contributed by atoms with Gasteiger partial charge in [-0.1, -0.05) is 4.98 Å². The van der Waals surface area contributed by atoms with Crippen LogP contribution < -0.4 is 10.3 Å². The summed E-state index contributed by atoms with van der Waals surface area (Å²) in [5, 5.41) is 4.92. The first kappa shape index (κ1) is 8.97. The Morgan fingerprint density at radius 2 is 2.40 bits per heavy atom. The second-order valence-corrected chi connectivity index (χ2v) is 4.27. The Labute approximate surface area is 92.1 Å². The van der Waals surface area contributed by atoms with E-state index >= 15 is 0 Å². The zero-order valence-corrected chi connectivity index (χ0v) is 8.93. The van der Waals surface area contributed by atoms with Crippen molar-refractivity contribution in [2.24, 2.45) is 0 Å². The molecule has 4 nitrogen and oxygen atoms in total. The average Bonchev–Trinajstić information content (AvgIpc) is 2.58. The highest BCUT2D eigenvalue weighted by atomic mass is 35.5. The lowest BCUT2D eigenvalue weighted by molar-refractivity contribution is -0.361. The fourth-order valence-corrected chi connectivity index (χ4v) is 2.00. The van der Waals surface area contributed by atoms with Gasteiger partial charge in [0.2, 0.25) is 11.5 Å². The lowest BCUT2D eigenvalue weighted by Crippen LogP contribution is -2.30. The van der Waals surface area contributed by atoms with E-state index in [1.807, 2.05) is 12.3 Å². The van der Waals surface area contributed by atoms with E-state index in [1.54, 1.807) is 0 Å². The maximum Gasteiger partial charge on any atom is 0.334 e. The summed E-state index contributed by atoms with van der Waals surface area (Å²) in [7, 11) is 0. The van der Waals surface area contributed by atoms with Crippen LogP contribution in [0.2, 0.25) is 5.28 Å². The molecule has 1 aliphatic carbocycles. The molecular formula is C10H12ClN4+. The topological polar surface area (TPSA) is 54.9 Å². The largest absolute Gasteiger partial charge is 0.334 e. The molecule has 0 saturated heterocycles. The van der Waals surface area contributed by atoms with Crippen LogP contribution >= 0.6 is 11.6 Å². The van der Waals surface area contributed by atoms with Crippen LogP contribution in [0.4, 0.5) is 5.82 Å². The summed E-state index contributed by atoms with van der Waals surface area (Å²) < 4.78 is 0. The molecule has 2 aromatic rings. The second-order valence-electron chi connectivity index (χ2n) is 3.91. The number of fused-ring (bicyclic) bond motifs is 1. The Balaban J connectivity index is 2.02. The molecule has 0 radical (unpaired) electrons. The van der Waals surface area contributed by atoms with Crippen molar-refractivity contribution in [3.8, 4) is 0 Å². The minimum absolute atomic E-state index is 0.409. The molecular weight excluding hydrogens is 212 g/mol. The van der Waals surface area contributed by atoms with Crippen LogP contribution in [-0.4, -0.2) is 16.0 Å². The highest BCUT2D eigenvalue weighted by Gasteiger charge is 2.23. The van der Waals surface area contributed by atoms with Crippen molar-refractivity contribution < 1.29 is 4.98 Å². The molecule has 15 heavy (non-hydrogen) atoms. The molecule has 0 spiro atoms. The minimum Gasteiger partial charge on any atom is -0.332 e. The number of hydrogen-bond donors (Lipinski definition) is 2. The molecule has 3 N–H and O–H groups in total. The van der Waals surface area contributed by atoms with E-state index in [9.17, 15) is 0 Å². The second kappa shape index (κ2) is 3.38. The van der Waals surface area contributed by atoms with Crippen molar-refractivity contribution in [3.63, 3.8) is 0 Å². The number of rotatable bonds is 2. The van der Waals surface area contributed by atoms with Crippen LogP contribution in [0, 0.1) is 0 Å². The van der Waals surface area contributed by atoms with Crippen molar-refractivity contribution >= 4 is 28.5 Å². The van der Waals surface area contributed by atoms with Crippen LogP contribution in [-0.2, 0) is 0 Å². The van der Waals surface area contributed by atoms with E-state index in [4.69, 9.17) is 11.6 Å². The highest BCUT2D eigenvalue weighted by Crippen LogP contribution is 2.25. The van der Waals surface area contributed by atoms with Crippen LogP contribution in [0.1, 0.15) is 19.3 Å². The van der Waals surface area contributed by atoms with E-state index in [0.717, 1.165) is 16.9 Å². The fraction of sp³-hybridized carbons (Fsp3) is 0.400. The Kier molecular flexibility index (Phi) is 2.02. The summed E-state index contributed by atoms with van der Waals surface area (Å²) in [6, 6.07) is 2.58. The van der Waals surface area contributed by atoms with Crippen LogP contribution in [0.25, 0.3) is 11.0 Å². The number of hydrogen-bond acceptors (Lipinski definition) is 2. The number of nitrogens with zero attached hydrogens (tertiary/aromatic N) is 1. The molecule has 0 unspecified atom stereocenters. The van der Waals surface area contributed by atoms with E-state index < -0.39 is 0 Å². The fourth-order valence-electron chi connectivity index (χ4n) is 1.82. The van der Waals surface area contributed by atoms with Crippen molar-refractivity contribution in [3.05, 3.63) is 17.5 Å². The van der Waals surface area contributed by atoms with Gasteiger partial charge in [0.05, 0.1) is 6.04 Å². The molecule has 1 saturated carbocycles. The number of nitrogens with one attached hydrogen (secondary N) is 3. The number of aromatic nitrogens is 3. The predicted molar refractivity (Wildman–Crippen MR) is 58.9 cm³/mol. The molecule has 1 aliphatic rings. The Morgan fingerprint density at radius 3 is 3.13 bits per heavy atom. The first-order valence-electron chi connectivity index (χ1n) is 5.15. The van der Waals surface area contributed by atoms with E-state index in [2.05, 4.69) is 20.3 Å². The van der Waals surface area contributed by atoms with Crippen molar-refractivity contribution in [1.82, 2.24) is 9.97 Å². The van der Waals surface area contributed by atoms with Crippen LogP contribution in [0.3, 0.4) is 0 Å². The lowest BCUT2D eigenvalue weighted by Gasteiger charge is -2.23. The molecule has 0 aromatic carbocycles. The number of aromatic amines is 2. The Bertz CT molecular complexity index is 489. The summed E-state index contributed by atoms with van der Waals surface area (Å²) in [5.41, 5.74) is 0.820. The van der Waals surface area contributed by atoms with Gasteiger partial charge in [0, 0.05) is 6.20 Å². The van der Waals surface area contributed by atoms with Crippen LogP contribution in [0.5, 0.6) is 0 Å². The number of anilines is 1. The quantitative estimate of drug-likeness (QED) is 0.766. The van der Waals surface area contributed by atoms with Crippen molar-refractivity contribution in [1.29, 1.82) is 0 Å². The van der Waals surface area contributed by atoms with Gasteiger partial charge in [0.1, 0.15) is 5.39 Å². The van der Waals surface area contributed by atoms with Gasteiger partial charge in [-0.05, 0) is 36.9 Å². The molecule has 5 heteroatoms. The van der Waals surface area contributed by atoms with Gasteiger partial charge in [-0.3, -0.25) is 0 Å². The van der Waals surface area contributed by atoms with E-state index in [-0.39, 0.29) is 0 Å². The molecule has 78 valence electrons. The third-order valence-electron chi connectivity index (χ3n) is 2.89. The molecule has 0 amide bonds. The summed E-state index contributed by atoms with van der Waals surface area (Å²) in [5.74, 6) is 0.968. The number of halogens is 1. The summed E-state index contributed by atoms with van der Waals surface area (Å²) in [6.07, 6.45) is 5.65. The molecule has 2 aromatic heterocycles. The lowest BCUT2D eigenvalue weighted by atomic mass is 9.93. The van der Waals surface area contributed by atoms with Crippen LogP contribution in [0.15, 0.2) is 12.3 Å². The normalized spacial score (nSPS) is 16.6. The highest BCUT2D eigenvalue weighted by molar-refractivity contribution is 6.27. The zero-order valence-electron chi connectivity index (χ0n) is 8.18. The summed E-state index contributed by atoms with van der Waals surface area (Å²) in [6.45, 7) is 0. The smallest absolute Gasteiger partial charge is 0.332 e. The summed E-state index contributed by atoms with van der Waals surface area (Å²) in [4.78, 5) is 10.3. The molecule has 1 fully saturated rings. The number of H-pyrrole nitrogens is 2. The predicted octanol–water partition coefficient (Wildman–Crippen LogP) is 1.99.